The number of oxazole rings is 1. The summed E-state index contributed by atoms with van der Waals surface area (Å²) in [5.74, 6) is 0. The van der Waals surface area contributed by atoms with Crippen molar-refractivity contribution in [1.29, 1.82) is 0 Å². The molecule has 0 amide bonds. The predicted molar refractivity (Wildman–Crippen MR) is 75.2 cm³/mol. The topological polar surface area (TPSA) is 50.1 Å². The highest BCUT2D eigenvalue weighted by Crippen LogP contribution is 2.39. The summed E-state index contributed by atoms with van der Waals surface area (Å²) in [5.41, 5.74) is 2.19. The minimum atomic E-state index is 0.405. The Labute approximate surface area is 112 Å². The van der Waals surface area contributed by atoms with Crippen molar-refractivity contribution in [1.82, 2.24) is 10.3 Å². The van der Waals surface area contributed by atoms with Crippen LogP contribution in [0.25, 0.3) is 11.1 Å². The first-order valence-corrected chi connectivity index (χ1v) is 7.20. The molecule has 1 unspecified atom stereocenters. The van der Waals surface area contributed by atoms with Gasteiger partial charge in [0.1, 0.15) is 5.52 Å². The van der Waals surface area contributed by atoms with Crippen LogP contribution in [0, 0.1) is 0 Å². The Balaban J connectivity index is 1.51. The molecule has 0 radical (unpaired) electrons. The Hall–Kier alpha value is -1.55. The van der Waals surface area contributed by atoms with Crippen LogP contribution in [0.2, 0.25) is 0 Å². The highest BCUT2D eigenvalue weighted by atomic mass is 16.4. The first-order valence-electron chi connectivity index (χ1n) is 7.20. The molecule has 2 aliphatic rings. The zero-order valence-electron chi connectivity index (χ0n) is 11.0. The third-order valence-electron chi connectivity index (χ3n) is 4.56. The Bertz CT molecular complexity index is 555. The van der Waals surface area contributed by atoms with E-state index in [2.05, 4.69) is 15.6 Å². The number of rotatable bonds is 2. The molecule has 1 saturated carbocycles. The van der Waals surface area contributed by atoms with Gasteiger partial charge in [-0.1, -0.05) is 12.1 Å². The molecule has 1 aromatic carbocycles. The number of hydrogen-bond donors (Lipinski definition) is 2. The van der Waals surface area contributed by atoms with Crippen molar-refractivity contribution in [2.75, 3.05) is 11.9 Å². The van der Waals surface area contributed by atoms with Gasteiger partial charge in [-0.3, -0.25) is 0 Å². The summed E-state index contributed by atoms with van der Waals surface area (Å²) in [6.45, 7) is 1.10. The maximum absolute atomic E-state index is 5.75. The Kier molecular flexibility index (Phi) is 2.52. The third-order valence-corrected chi connectivity index (χ3v) is 4.56. The number of nitrogens with zero attached hydrogens (tertiary/aromatic N) is 1. The molecule has 4 rings (SSSR count). The lowest BCUT2D eigenvalue weighted by Gasteiger charge is -2.48. The summed E-state index contributed by atoms with van der Waals surface area (Å²) < 4.78 is 5.75. The van der Waals surface area contributed by atoms with Crippen LogP contribution in [-0.2, 0) is 0 Å². The van der Waals surface area contributed by atoms with Crippen LogP contribution in [0.5, 0.6) is 0 Å². The SMILES string of the molecule is c1ccc2oc(NC3CCNC4(CCC4)C3)nc2c1. The zero-order chi connectivity index (χ0) is 12.7. The van der Waals surface area contributed by atoms with Crippen molar-refractivity contribution in [2.45, 2.75) is 43.7 Å². The zero-order valence-corrected chi connectivity index (χ0v) is 11.0. The van der Waals surface area contributed by atoms with Crippen LogP contribution in [0.1, 0.15) is 32.1 Å². The molecular formula is C15H19N3O. The monoisotopic (exact) mass is 257 g/mol. The number of anilines is 1. The van der Waals surface area contributed by atoms with Crippen molar-refractivity contribution in [2.24, 2.45) is 0 Å². The summed E-state index contributed by atoms with van der Waals surface area (Å²) in [5, 5.41) is 7.16. The summed E-state index contributed by atoms with van der Waals surface area (Å²) in [4.78, 5) is 4.50. The molecule has 2 aromatic rings. The van der Waals surface area contributed by atoms with Crippen molar-refractivity contribution in [3.05, 3.63) is 24.3 Å². The Morgan fingerprint density at radius 3 is 3.00 bits per heavy atom. The quantitative estimate of drug-likeness (QED) is 0.868. The molecule has 2 N–H and O–H groups in total. The van der Waals surface area contributed by atoms with Crippen molar-refractivity contribution in [3.8, 4) is 0 Å². The maximum atomic E-state index is 5.75. The molecular weight excluding hydrogens is 238 g/mol. The molecule has 4 nitrogen and oxygen atoms in total. The average Bonchev–Trinajstić information content (AvgIpc) is 2.79. The number of piperidine rings is 1. The van der Waals surface area contributed by atoms with Gasteiger partial charge in [0.05, 0.1) is 0 Å². The van der Waals surface area contributed by atoms with E-state index in [0.29, 0.717) is 17.6 Å². The van der Waals surface area contributed by atoms with Gasteiger partial charge in [-0.15, -0.1) is 0 Å². The lowest BCUT2D eigenvalue weighted by atomic mass is 9.70. The number of para-hydroxylation sites is 2. The van der Waals surface area contributed by atoms with Crippen LogP contribution in [0.15, 0.2) is 28.7 Å². The van der Waals surface area contributed by atoms with E-state index in [1.54, 1.807) is 0 Å². The van der Waals surface area contributed by atoms with Gasteiger partial charge in [0.15, 0.2) is 5.58 Å². The lowest BCUT2D eigenvalue weighted by molar-refractivity contribution is 0.134. The first kappa shape index (κ1) is 11.3. The minimum Gasteiger partial charge on any atom is -0.424 e. The minimum absolute atomic E-state index is 0.405. The molecule has 1 saturated heterocycles. The van der Waals surface area contributed by atoms with E-state index < -0.39 is 0 Å². The predicted octanol–water partition coefficient (Wildman–Crippen LogP) is 2.91. The third kappa shape index (κ3) is 2.00. The standard InChI is InChI=1S/C15H19N3O/c1-2-5-13-12(4-1)18-14(19-13)17-11-6-9-16-15(10-11)7-3-8-15/h1-2,4-5,11,16H,3,6-10H2,(H,17,18). The molecule has 1 aliphatic heterocycles. The van der Waals surface area contributed by atoms with Crippen LogP contribution < -0.4 is 10.6 Å². The number of nitrogens with one attached hydrogen (secondary N) is 2. The second-order valence-electron chi connectivity index (χ2n) is 5.88. The van der Waals surface area contributed by atoms with Gasteiger partial charge in [-0.2, -0.15) is 4.98 Å². The summed E-state index contributed by atoms with van der Waals surface area (Å²) >= 11 is 0. The molecule has 1 aromatic heterocycles. The normalized spacial score (nSPS) is 25.4. The molecule has 4 heteroatoms. The van der Waals surface area contributed by atoms with Crippen molar-refractivity contribution >= 4 is 17.1 Å². The Morgan fingerprint density at radius 1 is 1.32 bits per heavy atom. The van der Waals surface area contributed by atoms with E-state index >= 15 is 0 Å². The van der Waals surface area contributed by atoms with Gasteiger partial charge in [-0.25, -0.2) is 0 Å². The van der Waals surface area contributed by atoms with Gasteiger partial charge < -0.3 is 15.1 Å². The fraction of sp³-hybridized carbons (Fsp3) is 0.533. The first-order chi connectivity index (χ1) is 9.33. The fourth-order valence-electron chi connectivity index (χ4n) is 3.37. The highest BCUT2D eigenvalue weighted by molar-refractivity contribution is 5.74. The van der Waals surface area contributed by atoms with Gasteiger partial charge in [0.2, 0.25) is 0 Å². The maximum Gasteiger partial charge on any atom is 0.295 e. The molecule has 1 atom stereocenters. The molecule has 100 valence electrons. The van der Waals surface area contributed by atoms with Crippen LogP contribution in [-0.4, -0.2) is 23.1 Å². The van der Waals surface area contributed by atoms with Gasteiger partial charge in [0.25, 0.3) is 6.01 Å². The smallest absolute Gasteiger partial charge is 0.295 e. The molecule has 0 bridgehead atoms. The molecule has 1 spiro atoms. The van der Waals surface area contributed by atoms with E-state index in [4.69, 9.17) is 4.42 Å². The fourth-order valence-corrected chi connectivity index (χ4v) is 3.37. The van der Waals surface area contributed by atoms with Crippen LogP contribution >= 0.6 is 0 Å². The summed E-state index contributed by atoms with van der Waals surface area (Å²) in [7, 11) is 0. The van der Waals surface area contributed by atoms with E-state index in [-0.39, 0.29) is 0 Å². The second-order valence-corrected chi connectivity index (χ2v) is 5.88. The second kappa shape index (κ2) is 4.23. The van der Waals surface area contributed by atoms with E-state index in [1.807, 2.05) is 24.3 Å². The average molecular weight is 257 g/mol. The van der Waals surface area contributed by atoms with Gasteiger partial charge >= 0.3 is 0 Å². The Morgan fingerprint density at radius 2 is 2.21 bits per heavy atom. The van der Waals surface area contributed by atoms with Crippen molar-refractivity contribution < 1.29 is 4.42 Å². The van der Waals surface area contributed by atoms with Crippen molar-refractivity contribution in [3.63, 3.8) is 0 Å². The van der Waals surface area contributed by atoms with E-state index in [0.717, 1.165) is 24.1 Å². The molecule has 1 aliphatic carbocycles. The van der Waals surface area contributed by atoms with Gasteiger partial charge in [-0.05, 0) is 50.8 Å². The van der Waals surface area contributed by atoms with Crippen LogP contribution in [0.3, 0.4) is 0 Å². The molecule has 19 heavy (non-hydrogen) atoms. The molecule has 2 heterocycles. The molecule has 2 fully saturated rings. The number of hydrogen-bond acceptors (Lipinski definition) is 4. The summed E-state index contributed by atoms with van der Waals surface area (Å²) in [6, 6.07) is 9.06. The van der Waals surface area contributed by atoms with Gasteiger partial charge in [0, 0.05) is 11.6 Å². The van der Waals surface area contributed by atoms with E-state index in [9.17, 15) is 0 Å². The van der Waals surface area contributed by atoms with E-state index in [1.165, 1.54) is 25.7 Å². The number of fused-ring (bicyclic) bond motifs is 1. The van der Waals surface area contributed by atoms with Crippen LogP contribution in [0.4, 0.5) is 6.01 Å². The largest absolute Gasteiger partial charge is 0.424 e. The lowest BCUT2D eigenvalue weighted by Crippen LogP contribution is -2.58. The summed E-state index contributed by atoms with van der Waals surface area (Å²) in [6.07, 6.45) is 6.33. The highest BCUT2D eigenvalue weighted by Gasteiger charge is 2.41. The number of aromatic nitrogens is 1. The number of benzene rings is 1.